The summed E-state index contributed by atoms with van der Waals surface area (Å²) in [6.45, 7) is 0. The molecule has 0 aromatic carbocycles. The number of aliphatic hydroxyl groups is 1. The van der Waals surface area contributed by atoms with Gasteiger partial charge in [-0.15, -0.1) is 0 Å². The molecule has 0 atom stereocenters. The molecule has 0 aromatic rings. The summed E-state index contributed by atoms with van der Waals surface area (Å²) in [5, 5.41) is 8.01. The zero-order valence-corrected chi connectivity index (χ0v) is 5.50. The highest BCUT2D eigenvalue weighted by Crippen LogP contribution is 1.88. The van der Waals surface area contributed by atoms with Gasteiger partial charge in [-0.25, -0.2) is 0 Å². The van der Waals surface area contributed by atoms with E-state index >= 15 is 0 Å². The fraction of sp³-hybridized carbons (Fsp3) is 0.500. The van der Waals surface area contributed by atoms with Crippen molar-refractivity contribution in [2.45, 2.75) is 6.42 Å². The van der Waals surface area contributed by atoms with E-state index in [0.717, 1.165) is 6.26 Å². The standard InChI is InChI=1S/C4H8O4S/c5-3-1-2-4-9(6,7)8/h1,3,5H,2,4H2,(H,6,7,8)/b3-1+. The molecule has 0 fully saturated rings. The molecule has 0 saturated carbocycles. The van der Waals surface area contributed by atoms with Gasteiger partial charge in [-0.05, 0) is 12.5 Å². The molecule has 0 aromatic heterocycles. The van der Waals surface area contributed by atoms with E-state index in [1.807, 2.05) is 0 Å². The van der Waals surface area contributed by atoms with E-state index in [4.69, 9.17) is 9.66 Å². The van der Waals surface area contributed by atoms with E-state index in [1.165, 1.54) is 6.08 Å². The topological polar surface area (TPSA) is 74.6 Å². The Hall–Kier alpha value is -0.550. The number of hydrogen-bond acceptors (Lipinski definition) is 3. The third-order valence-electron chi connectivity index (χ3n) is 0.648. The van der Waals surface area contributed by atoms with Crippen molar-refractivity contribution in [3.05, 3.63) is 12.3 Å². The summed E-state index contributed by atoms with van der Waals surface area (Å²) in [4.78, 5) is 0. The quantitative estimate of drug-likeness (QED) is 0.451. The lowest BCUT2D eigenvalue weighted by atomic mass is 10.5. The van der Waals surface area contributed by atoms with Crippen LogP contribution in [-0.4, -0.2) is 23.8 Å². The van der Waals surface area contributed by atoms with E-state index in [0.29, 0.717) is 0 Å². The summed E-state index contributed by atoms with van der Waals surface area (Å²) in [5.41, 5.74) is 0. The SMILES string of the molecule is O=S(=O)(O)CC/C=C/O. The predicted molar refractivity (Wildman–Crippen MR) is 32.8 cm³/mol. The molecule has 5 heteroatoms. The van der Waals surface area contributed by atoms with Crippen molar-refractivity contribution < 1.29 is 18.1 Å². The van der Waals surface area contributed by atoms with E-state index in [-0.39, 0.29) is 12.2 Å². The molecule has 0 bridgehead atoms. The van der Waals surface area contributed by atoms with Crippen molar-refractivity contribution >= 4 is 10.1 Å². The Morgan fingerprint density at radius 3 is 2.33 bits per heavy atom. The van der Waals surface area contributed by atoms with Gasteiger partial charge in [0.1, 0.15) is 0 Å². The van der Waals surface area contributed by atoms with Crippen molar-refractivity contribution in [2.24, 2.45) is 0 Å². The third-order valence-corrected chi connectivity index (χ3v) is 1.40. The minimum atomic E-state index is -3.86. The zero-order chi connectivity index (χ0) is 7.33. The minimum absolute atomic E-state index is 0.134. The maximum absolute atomic E-state index is 9.95. The van der Waals surface area contributed by atoms with Gasteiger partial charge in [0, 0.05) is 0 Å². The summed E-state index contributed by atoms with van der Waals surface area (Å²) in [7, 11) is -3.86. The molecule has 0 aliphatic heterocycles. The van der Waals surface area contributed by atoms with Gasteiger partial charge in [0.05, 0.1) is 12.0 Å². The molecule has 0 rings (SSSR count). The van der Waals surface area contributed by atoms with Gasteiger partial charge in [-0.3, -0.25) is 4.55 Å². The maximum Gasteiger partial charge on any atom is 0.265 e. The van der Waals surface area contributed by atoms with Crippen LogP contribution in [-0.2, 0) is 10.1 Å². The Morgan fingerprint density at radius 2 is 2.00 bits per heavy atom. The van der Waals surface area contributed by atoms with Crippen molar-refractivity contribution in [1.82, 2.24) is 0 Å². The maximum atomic E-state index is 9.95. The Morgan fingerprint density at radius 1 is 1.44 bits per heavy atom. The van der Waals surface area contributed by atoms with Crippen molar-refractivity contribution in [1.29, 1.82) is 0 Å². The van der Waals surface area contributed by atoms with Crippen LogP contribution in [0.2, 0.25) is 0 Å². The molecule has 2 N–H and O–H groups in total. The number of aliphatic hydroxyl groups excluding tert-OH is 1. The molecular weight excluding hydrogens is 144 g/mol. The third kappa shape index (κ3) is 7.45. The Labute approximate surface area is 53.6 Å². The summed E-state index contributed by atoms with van der Waals surface area (Å²) in [6.07, 6.45) is 2.12. The molecule has 0 aliphatic carbocycles. The second-order valence-electron chi connectivity index (χ2n) is 1.46. The summed E-state index contributed by atoms with van der Waals surface area (Å²) < 4.78 is 28.0. The van der Waals surface area contributed by atoms with E-state index in [1.54, 1.807) is 0 Å². The monoisotopic (exact) mass is 152 g/mol. The summed E-state index contributed by atoms with van der Waals surface area (Å²) in [5.74, 6) is -0.343. The lowest BCUT2D eigenvalue weighted by Crippen LogP contribution is -2.01. The first-order valence-corrected chi connectivity index (χ1v) is 3.91. The molecule has 4 nitrogen and oxygen atoms in total. The smallest absolute Gasteiger partial charge is 0.265 e. The Balaban J connectivity index is 3.53. The van der Waals surface area contributed by atoms with Crippen LogP contribution in [0.1, 0.15) is 6.42 Å². The van der Waals surface area contributed by atoms with Gasteiger partial charge in [-0.2, -0.15) is 8.42 Å². The van der Waals surface area contributed by atoms with Crippen LogP contribution in [0.3, 0.4) is 0 Å². The molecule has 0 radical (unpaired) electrons. The average molecular weight is 152 g/mol. The lowest BCUT2D eigenvalue weighted by Gasteiger charge is -1.88. The highest BCUT2D eigenvalue weighted by molar-refractivity contribution is 7.85. The first kappa shape index (κ1) is 8.45. The van der Waals surface area contributed by atoms with Gasteiger partial charge in [0.2, 0.25) is 0 Å². The first-order valence-electron chi connectivity index (χ1n) is 2.30. The molecule has 0 unspecified atom stereocenters. The highest BCUT2D eigenvalue weighted by Gasteiger charge is 1.99. The number of allylic oxidation sites excluding steroid dienone is 1. The molecule has 0 saturated heterocycles. The fourth-order valence-corrected chi connectivity index (χ4v) is 0.725. The molecule has 54 valence electrons. The minimum Gasteiger partial charge on any atom is -0.516 e. The second-order valence-corrected chi connectivity index (χ2v) is 3.03. The summed E-state index contributed by atoms with van der Waals surface area (Å²) in [6, 6.07) is 0. The van der Waals surface area contributed by atoms with Crippen LogP contribution >= 0.6 is 0 Å². The predicted octanol–water partition coefficient (Wildman–Crippen LogP) is 0.336. The molecule has 9 heavy (non-hydrogen) atoms. The first-order chi connectivity index (χ1) is 4.06. The van der Waals surface area contributed by atoms with Crippen molar-refractivity contribution in [3.63, 3.8) is 0 Å². The second kappa shape index (κ2) is 3.47. The zero-order valence-electron chi connectivity index (χ0n) is 4.69. The fourth-order valence-electron chi connectivity index (χ4n) is 0.292. The van der Waals surface area contributed by atoms with Crippen molar-refractivity contribution in [2.75, 3.05) is 5.75 Å². The molecule has 0 amide bonds. The van der Waals surface area contributed by atoms with Crippen LogP contribution in [0.25, 0.3) is 0 Å². The van der Waals surface area contributed by atoms with Gasteiger partial charge >= 0.3 is 0 Å². The molecular formula is C4H8O4S. The molecule has 0 spiro atoms. The van der Waals surface area contributed by atoms with Gasteiger partial charge in [0.25, 0.3) is 10.1 Å². The van der Waals surface area contributed by atoms with Crippen LogP contribution < -0.4 is 0 Å². The normalized spacial score (nSPS) is 12.6. The van der Waals surface area contributed by atoms with Crippen LogP contribution in [0, 0.1) is 0 Å². The lowest BCUT2D eigenvalue weighted by molar-refractivity contribution is 0.469. The Bertz CT molecular complexity index is 179. The Kier molecular flexibility index (Phi) is 3.26. The van der Waals surface area contributed by atoms with Crippen LogP contribution in [0.4, 0.5) is 0 Å². The van der Waals surface area contributed by atoms with E-state index in [9.17, 15) is 8.42 Å². The highest BCUT2D eigenvalue weighted by atomic mass is 32.2. The van der Waals surface area contributed by atoms with Crippen molar-refractivity contribution in [3.8, 4) is 0 Å². The number of rotatable bonds is 3. The van der Waals surface area contributed by atoms with E-state index in [2.05, 4.69) is 0 Å². The van der Waals surface area contributed by atoms with E-state index < -0.39 is 10.1 Å². The largest absolute Gasteiger partial charge is 0.516 e. The summed E-state index contributed by atoms with van der Waals surface area (Å²) >= 11 is 0. The molecule has 0 heterocycles. The van der Waals surface area contributed by atoms with Gasteiger partial charge in [-0.1, -0.05) is 0 Å². The van der Waals surface area contributed by atoms with Gasteiger partial charge < -0.3 is 5.11 Å². The number of hydrogen-bond donors (Lipinski definition) is 2. The van der Waals surface area contributed by atoms with Crippen LogP contribution in [0.15, 0.2) is 12.3 Å². The average Bonchev–Trinajstić information content (AvgIpc) is 1.63. The molecule has 0 aliphatic rings. The van der Waals surface area contributed by atoms with Crippen LogP contribution in [0.5, 0.6) is 0 Å². The van der Waals surface area contributed by atoms with Gasteiger partial charge in [0.15, 0.2) is 0 Å².